The molecule has 0 aliphatic carbocycles. The van der Waals surface area contributed by atoms with E-state index >= 15 is 0 Å². The van der Waals surface area contributed by atoms with Crippen LogP contribution in [0.4, 0.5) is 0 Å². The fourth-order valence-corrected chi connectivity index (χ4v) is 8.02. The van der Waals surface area contributed by atoms with Crippen LogP contribution in [0, 0.1) is 13.8 Å². The molecular weight excluding hydrogens is 613 g/mol. The van der Waals surface area contributed by atoms with Crippen LogP contribution < -0.4 is 14.9 Å². The van der Waals surface area contributed by atoms with Crippen molar-refractivity contribution in [2.75, 3.05) is 52.5 Å². The molecule has 45 heavy (non-hydrogen) atoms. The number of aromatic hydroxyl groups is 1. The quantitative estimate of drug-likeness (QED) is 0.201. The lowest BCUT2D eigenvalue weighted by atomic mass is 9.89. The summed E-state index contributed by atoms with van der Waals surface area (Å²) in [5, 5.41) is 23.9. The van der Waals surface area contributed by atoms with Crippen molar-refractivity contribution < 1.29 is 24.5 Å². The molecule has 2 aromatic carbocycles. The Morgan fingerprint density at radius 3 is 2.64 bits per heavy atom. The molecule has 6 rings (SSSR count). The first-order valence-corrected chi connectivity index (χ1v) is 17.0. The number of phenolic OH excluding ortho intramolecular Hbond substituents is 1. The molecule has 2 aliphatic rings. The van der Waals surface area contributed by atoms with E-state index in [2.05, 4.69) is 29.0 Å². The number of carbonyl (C=O) groups excluding carboxylic acids is 1. The van der Waals surface area contributed by atoms with Crippen molar-refractivity contribution in [3.63, 3.8) is 0 Å². The lowest BCUT2D eigenvalue weighted by Crippen LogP contribution is -2.58. The average molecular weight is 653 g/mol. The summed E-state index contributed by atoms with van der Waals surface area (Å²) in [7, 11) is 0. The average Bonchev–Trinajstić information content (AvgIpc) is 3.60. The molecule has 2 aliphatic heterocycles. The van der Waals surface area contributed by atoms with Gasteiger partial charge in [-0.3, -0.25) is 14.5 Å². The van der Waals surface area contributed by atoms with E-state index in [1.807, 2.05) is 35.2 Å². The number of aromatic amines is 1. The van der Waals surface area contributed by atoms with Gasteiger partial charge in [0.2, 0.25) is 0 Å². The Kier molecular flexibility index (Phi) is 9.60. The number of hydrogen-bond acceptors (Lipinski definition) is 10. The van der Waals surface area contributed by atoms with Crippen molar-refractivity contribution in [2.24, 2.45) is 0 Å². The van der Waals surface area contributed by atoms with Gasteiger partial charge in [-0.2, -0.15) is 0 Å². The summed E-state index contributed by atoms with van der Waals surface area (Å²) in [6.07, 6.45) is 0.982. The van der Waals surface area contributed by atoms with Gasteiger partial charge in [-0.15, -0.1) is 11.3 Å². The number of hydrogen-bond donors (Lipinski definition) is 4. The van der Waals surface area contributed by atoms with Crippen molar-refractivity contribution in [1.82, 2.24) is 20.1 Å². The summed E-state index contributed by atoms with van der Waals surface area (Å²) in [5.74, 6) is 0.931. The number of phenols is 1. The normalized spacial score (nSPS) is 17.6. The standard InChI is InChI=1S/C33H40N4O6S2/c1-21-17-28(44-22(21)2)31(40)37-14-16-43-33(20-37)9-11-36(12-10-33)13-15-42-24-5-3-23(4-6-24)18-34-19-27(39)25-7-8-26(38)29-30(25)45-32(41)35-29/h3-8,17,27,34,38-39H,9-16,18-20H2,1-2H3,(H,35,41)/t27-/m0/s1. The SMILES string of the molecule is Cc1cc(C(=O)N2CCOC3(CCN(CCOc4ccc(CNC[C@H](O)c5ccc(O)c6[nH]c(=O)sc56)cc4)CC3)C2)sc1C. The number of nitrogens with one attached hydrogen (secondary N) is 2. The molecule has 2 saturated heterocycles. The summed E-state index contributed by atoms with van der Waals surface area (Å²) in [6, 6.07) is 13.1. The molecule has 4 aromatic rings. The number of thiophene rings is 1. The zero-order valence-corrected chi connectivity index (χ0v) is 27.3. The van der Waals surface area contributed by atoms with Crippen LogP contribution in [0.2, 0.25) is 0 Å². The molecule has 0 bridgehead atoms. The maximum Gasteiger partial charge on any atom is 0.305 e. The van der Waals surface area contributed by atoms with E-state index in [0.717, 1.165) is 60.0 Å². The Bertz CT molecular complexity index is 1670. The molecule has 0 saturated carbocycles. The fraction of sp³-hybridized carbons (Fsp3) is 0.455. The topological polar surface area (TPSA) is 127 Å². The van der Waals surface area contributed by atoms with E-state index in [-0.39, 0.29) is 22.1 Å². The highest BCUT2D eigenvalue weighted by molar-refractivity contribution is 7.16. The number of ether oxygens (including phenoxy) is 2. The monoisotopic (exact) mass is 652 g/mol. The highest BCUT2D eigenvalue weighted by Crippen LogP contribution is 2.33. The first kappa shape index (κ1) is 31.7. The molecule has 4 heterocycles. The maximum atomic E-state index is 13.2. The van der Waals surface area contributed by atoms with E-state index in [9.17, 15) is 19.8 Å². The van der Waals surface area contributed by atoms with Crippen LogP contribution in [-0.2, 0) is 11.3 Å². The Labute approximate surface area is 270 Å². The molecule has 1 amide bonds. The van der Waals surface area contributed by atoms with Gasteiger partial charge in [0.05, 0.1) is 34.4 Å². The van der Waals surface area contributed by atoms with Crippen molar-refractivity contribution in [3.8, 4) is 11.5 Å². The van der Waals surface area contributed by atoms with Gasteiger partial charge < -0.3 is 34.9 Å². The Morgan fingerprint density at radius 2 is 1.91 bits per heavy atom. The number of morpholine rings is 1. The van der Waals surface area contributed by atoms with Gasteiger partial charge in [-0.25, -0.2) is 0 Å². The molecule has 1 atom stereocenters. The first-order chi connectivity index (χ1) is 21.7. The van der Waals surface area contributed by atoms with Crippen LogP contribution in [0.1, 0.15) is 50.2 Å². The number of aliphatic hydroxyl groups is 1. The van der Waals surface area contributed by atoms with Crippen molar-refractivity contribution >= 4 is 38.8 Å². The molecule has 12 heteroatoms. The second-order valence-electron chi connectivity index (χ2n) is 12.0. The van der Waals surface area contributed by atoms with Gasteiger partial charge in [0.25, 0.3) is 5.91 Å². The number of aromatic nitrogens is 1. The minimum atomic E-state index is -0.821. The van der Waals surface area contributed by atoms with Crippen molar-refractivity contribution in [1.29, 1.82) is 0 Å². The fourth-order valence-electron chi connectivity index (χ4n) is 6.10. The number of amides is 1. The largest absolute Gasteiger partial charge is 0.506 e. The Balaban J connectivity index is 0.912. The number of nitrogens with zero attached hydrogens (tertiary/aromatic N) is 2. The lowest BCUT2D eigenvalue weighted by molar-refractivity contribution is -0.127. The number of carbonyl (C=O) groups is 1. The maximum absolute atomic E-state index is 13.2. The van der Waals surface area contributed by atoms with Crippen LogP contribution in [0.15, 0.2) is 47.3 Å². The predicted octanol–water partition coefficient (Wildman–Crippen LogP) is 4.18. The molecular formula is C33H40N4O6S2. The zero-order valence-electron chi connectivity index (χ0n) is 25.6. The van der Waals surface area contributed by atoms with E-state index in [1.54, 1.807) is 17.4 Å². The summed E-state index contributed by atoms with van der Waals surface area (Å²) in [6.45, 7) is 10.1. The van der Waals surface area contributed by atoms with Gasteiger partial charge >= 0.3 is 4.87 Å². The summed E-state index contributed by atoms with van der Waals surface area (Å²) >= 11 is 2.56. The highest BCUT2D eigenvalue weighted by atomic mass is 32.1. The predicted molar refractivity (Wildman–Crippen MR) is 177 cm³/mol. The van der Waals surface area contributed by atoms with E-state index in [1.165, 1.54) is 16.5 Å². The summed E-state index contributed by atoms with van der Waals surface area (Å²) in [5.41, 5.74) is 2.94. The van der Waals surface area contributed by atoms with Gasteiger partial charge in [0, 0.05) is 49.7 Å². The van der Waals surface area contributed by atoms with Gasteiger partial charge in [0.15, 0.2) is 0 Å². The Morgan fingerprint density at radius 1 is 1.13 bits per heavy atom. The minimum Gasteiger partial charge on any atom is -0.506 e. The van der Waals surface area contributed by atoms with E-state index in [4.69, 9.17) is 9.47 Å². The Hall–Kier alpha value is -3.26. The number of aliphatic hydroxyl groups excluding tert-OH is 1. The molecule has 0 radical (unpaired) electrons. The number of thiazole rings is 1. The number of fused-ring (bicyclic) bond motifs is 1. The molecule has 10 nitrogen and oxygen atoms in total. The third kappa shape index (κ3) is 7.26. The number of rotatable bonds is 10. The number of piperidine rings is 1. The van der Waals surface area contributed by atoms with Gasteiger partial charge in [-0.05, 0) is 62.1 Å². The highest BCUT2D eigenvalue weighted by Gasteiger charge is 2.41. The van der Waals surface area contributed by atoms with Crippen LogP contribution in [-0.4, -0.2) is 89.0 Å². The van der Waals surface area contributed by atoms with Crippen LogP contribution in [0.25, 0.3) is 10.2 Å². The second kappa shape index (κ2) is 13.6. The number of likely N-dealkylation sites (tertiary alicyclic amines) is 1. The molecule has 0 unspecified atom stereocenters. The van der Waals surface area contributed by atoms with Crippen LogP contribution in [0.3, 0.4) is 0 Å². The first-order valence-electron chi connectivity index (χ1n) is 15.4. The number of H-pyrrole nitrogens is 1. The van der Waals surface area contributed by atoms with Crippen molar-refractivity contribution in [2.45, 2.75) is 44.9 Å². The molecule has 4 N–H and O–H groups in total. The third-order valence-corrected chi connectivity index (χ3v) is 11.0. The van der Waals surface area contributed by atoms with E-state index in [0.29, 0.717) is 55.2 Å². The van der Waals surface area contributed by atoms with Gasteiger partial charge in [0.1, 0.15) is 23.6 Å². The van der Waals surface area contributed by atoms with Gasteiger partial charge in [-0.1, -0.05) is 29.5 Å². The van der Waals surface area contributed by atoms with Crippen LogP contribution in [0.5, 0.6) is 11.5 Å². The molecule has 1 spiro atoms. The lowest BCUT2D eigenvalue weighted by Gasteiger charge is -2.47. The summed E-state index contributed by atoms with van der Waals surface area (Å²) < 4.78 is 12.9. The molecule has 2 fully saturated rings. The van der Waals surface area contributed by atoms with E-state index < -0.39 is 6.10 Å². The second-order valence-corrected chi connectivity index (χ2v) is 14.2. The third-order valence-electron chi connectivity index (χ3n) is 8.89. The molecule has 2 aromatic heterocycles. The zero-order chi connectivity index (χ0) is 31.6. The number of benzene rings is 2. The number of aryl methyl sites for hydroxylation is 2. The summed E-state index contributed by atoms with van der Waals surface area (Å²) in [4.78, 5) is 33.7. The van der Waals surface area contributed by atoms with Crippen LogP contribution >= 0.6 is 22.7 Å². The minimum absolute atomic E-state index is 0.00573. The van der Waals surface area contributed by atoms with Crippen molar-refractivity contribution in [3.05, 3.63) is 78.6 Å². The molecule has 240 valence electrons. The smallest absolute Gasteiger partial charge is 0.305 e.